The smallest absolute Gasteiger partial charge is 0.407 e. The Morgan fingerprint density at radius 1 is 0.879 bits per heavy atom. The zero-order valence-electron chi connectivity index (χ0n) is 19.0. The highest BCUT2D eigenvalue weighted by Crippen LogP contribution is 2.08. The van der Waals surface area contributed by atoms with Crippen LogP contribution in [0.25, 0.3) is 0 Å². The molecule has 1 rings (SSSR count). The maximum absolute atomic E-state index is 11.7. The molecule has 2 unspecified atom stereocenters. The zero-order chi connectivity index (χ0) is 24.8. The molecule has 14 heteroatoms. The van der Waals surface area contributed by atoms with E-state index in [0.29, 0.717) is 19.8 Å². The quantitative estimate of drug-likeness (QED) is 0.255. The highest BCUT2D eigenvalue weighted by atomic mass is 16.5. The van der Waals surface area contributed by atoms with Crippen molar-refractivity contribution in [3.8, 4) is 0 Å². The van der Waals surface area contributed by atoms with Gasteiger partial charge >= 0.3 is 18.3 Å². The number of nitrogens with zero attached hydrogens (tertiary/aromatic N) is 4. The van der Waals surface area contributed by atoms with Crippen LogP contribution in [0.2, 0.25) is 0 Å². The van der Waals surface area contributed by atoms with Gasteiger partial charge in [-0.1, -0.05) is 0 Å². The maximum atomic E-state index is 11.7. The summed E-state index contributed by atoms with van der Waals surface area (Å²) in [5.74, 6) is 0. The van der Waals surface area contributed by atoms with Gasteiger partial charge in [0.15, 0.2) is 0 Å². The molecular weight excluding hydrogens is 442 g/mol. The molecule has 192 valence electrons. The van der Waals surface area contributed by atoms with Gasteiger partial charge in [-0.05, 0) is 6.92 Å². The summed E-state index contributed by atoms with van der Waals surface area (Å²) in [6, 6.07) is -0.639. The molecule has 0 aromatic carbocycles. The number of β-amino-alcohol motifs (C(OH)–C–C–N with tert-alkyl or cyclic N) is 1. The van der Waals surface area contributed by atoms with Gasteiger partial charge in [0.25, 0.3) is 0 Å². The molecule has 1 aliphatic rings. The number of carbonyl (C=O) groups is 3. The predicted molar refractivity (Wildman–Crippen MR) is 117 cm³/mol. The first-order valence-electron chi connectivity index (χ1n) is 10.9. The van der Waals surface area contributed by atoms with E-state index in [4.69, 9.17) is 15.2 Å². The topological polar surface area (TPSA) is 190 Å². The average Bonchev–Trinajstić information content (AvgIpc) is 2.73. The lowest BCUT2D eigenvalue weighted by atomic mass is 10.2. The van der Waals surface area contributed by atoms with E-state index in [2.05, 4.69) is 0 Å². The van der Waals surface area contributed by atoms with E-state index in [1.165, 1.54) is 0 Å². The van der Waals surface area contributed by atoms with Gasteiger partial charge < -0.3 is 50.3 Å². The van der Waals surface area contributed by atoms with E-state index in [-0.39, 0.29) is 65.6 Å². The van der Waals surface area contributed by atoms with E-state index in [9.17, 15) is 34.8 Å². The number of hydrogen-bond acceptors (Lipinski definition) is 8. The van der Waals surface area contributed by atoms with Crippen molar-refractivity contribution in [1.29, 1.82) is 0 Å². The van der Waals surface area contributed by atoms with E-state index in [0.717, 1.165) is 14.7 Å². The van der Waals surface area contributed by atoms with Crippen molar-refractivity contribution in [3.63, 3.8) is 0 Å². The van der Waals surface area contributed by atoms with Crippen LogP contribution in [0.4, 0.5) is 14.4 Å². The van der Waals surface area contributed by atoms with Gasteiger partial charge in [0.1, 0.15) is 0 Å². The average molecular weight is 480 g/mol. The number of amides is 3. The van der Waals surface area contributed by atoms with Crippen molar-refractivity contribution in [2.45, 2.75) is 19.1 Å². The molecule has 0 aromatic rings. The third kappa shape index (κ3) is 11.3. The maximum Gasteiger partial charge on any atom is 0.407 e. The van der Waals surface area contributed by atoms with Gasteiger partial charge in [-0.25, -0.2) is 14.4 Å². The number of hydrogen-bond donors (Lipinski definition) is 5. The number of carboxylic acid groups (broad SMARTS) is 3. The van der Waals surface area contributed by atoms with Crippen molar-refractivity contribution in [1.82, 2.24) is 19.6 Å². The van der Waals surface area contributed by atoms with Gasteiger partial charge in [0.05, 0.1) is 32.5 Å². The fourth-order valence-electron chi connectivity index (χ4n) is 3.41. The summed E-state index contributed by atoms with van der Waals surface area (Å²) in [7, 11) is 0. The fourth-order valence-corrected chi connectivity index (χ4v) is 3.41. The molecule has 0 aromatic heterocycles. The van der Waals surface area contributed by atoms with Crippen LogP contribution in [0.3, 0.4) is 0 Å². The van der Waals surface area contributed by atoms with Crippen LogP contribution in [-0.4, -0.2) is 156 Å². The molecule has 0 radical (unpaired) electrons. The van der Waals surface area contributed by atoms with Crippen LogP contribution in [0, 0.1) is 0 Å². The lowest BCUT2D eigenvalue weighted by Gasteiger charge is -2.35. The van der Waals surface area contributed by atoms with Crippen LogP contribution in [0.5, 0.6) is 0 Å². The Kier molecular flexibility index (Phi) is 13.4. The molecule has 6 N–H and O–H groups in total. The first-order valence-corrected chi connectivity index (χ1v) is 10.9. The molecule has 1 saturated heterocycles. The fraction of sp³-hybridized carbons (Fsp3) is 0.842. The Hall–Kier alpha value is -2.39. The SMILES string of the molecule is CC1CN(C(=O)O)CCN(C(=O)O)CCN(CC(O)COCCOCCN)CCN1C(=O)O. The minimum Gasteiger partial charge on any atom is -0.465 e. The number of nitrogens with two attached hydrogens (primary N) is 1. The van der Waals surface area contributed by atoms with Crippen molar-refractivity contribution < 1.29 is 44.3 Å². The molecule has 1 fully saturated rings. The molecular formula is C19H37N5O9. The third-order valence-electron chi connectivity index (χ3n) is 5.20. The first kappa shape index (κ1) is 28.6. The lowest BCUT2D eigenvalue weighted by molar-refractivity contribution is -0.00872. The van der Waals surface area contributed by atoms with Crippen molar-refractivity contribution in [3.05, 3.63) is 0 Å². The number of rotatable bonds is 9. The second kappa shape index (κ2) is 15.4. The molecule has 0 saturated carbocycles. The van der Waals surface area contributed by atoms with Crippen molar-refractivity contribution in [2.24, 2.45) is 5.73 Å². The second-order valence-electron chi connectivity index (χ2n) is 7.75. The van der Waals surface area contributed by atoms with E-state index in [1.807, 2.05) is 0 Å². The molecule has 3 amide bonds. The summed E-state index contributed by atoms with van der Waals surface area (Å²) in [5.41, 5.74) is 5.32. The molecule has 33 heavy (non-hydrogen) atoms. The van der Waals surface area contributed by atoms with Gasteiger partial charge in [0.2, 0.25) is 0 Å². The van der Waals surface area contributed by atoms with Crippen LogP contribution in [-0.2, 0) is 9.47 Å². The van der Waals surface area contributed by atoms with E-state index in [1.54, 1.807) is 11.8 Å². The normalized spacial score (nSPS) is 20.1. The Labute approximate surface area is 193 Å². The van der Waals surface area contributed by atoms with E-state index < -0.39 is 30.4 Å². The standard InChI is InChI=1S/C19H37N5O9/c1-15-12-23(18(28)29)7-6-22(17(26)27)5-3-21(4-8-24(15)19(30)31)13-16(25)14-33-11-10-32-9-2-20/h15-16,25H,2-14,20H2,1H3,(H,26,27)(H,28,29)(H,30,31). The summed E-state index contributed by atoms with van der Waals surface area (Å²) >= 11 is 0. The lowest BCUT2D eigenvalue weighted by Crippen LogP contribution is -2.53. The van der Waals surface area contributed by atoms with Crippen molar-refractivity contribution >= 4 is 18.3 Å². The largest absolute Gasteiger partial charge is 0.465 e. The van der Waals surface area contributed by atoms with Crippen LogP contribution < -0.4 is 5.73 Å². The summed E-state index contributed by atoms with van der Waals surface area (Å²) in [4.78, 5) is 39.9. The number of ether oxygens (including phenoxy) is 2. The minimum absolute atomic E-state index is 0.0394. The Balaban J connectivity index is 2.79. The number of aliphatic hydroxyl groups is 1. The van der Waals surface area contributed by atoms with Gasteiger partial charge in [0, 0.05) is 64.9 Å². The summed E-state index contributed by atoms with van der Waals surface area (Å²) in [6.07, 6.45) is -4.48. The minimum atomic E-state index is -1.24. The summed E-state index contributed by atoms with van der Waals surface area (Å²) in [5, 5.41) is 38.8. The molecule has 1 heterocycles. The Morgan fingerprint density at radius 3 is 2.06 bits per heavy atom. The number of aliphatic hydroxyl groups excluding tert-OH is 1. The van der Waals surface area contributed by atoms with E-state index >= 15 is 0 Å². The molecule has 1 aliphatic heterocycles. The van der Waals surface area contributed by atoms with Crippen LogP contribution >= 0.6 is 0 Å². The molecule has 0 bridgehead atoms. The second-order valence-corrected chi connectivity index (χ2v) is 7.75. The summed E-state index contributed by atoms with van der Waals surface area (Å²) in [6.45, 7) is 3.64. The van der Waals surface area contributed by atoms with Gasteiger partial charge in [-0.3, -0.25) is 4.90 Å². The Bertz CT molecular complexity index is 612. The highest BCUT2D eigenvalue weighted by Gasteiger charge is 2.27. The highest BCUT2D eigenvalue weighted by molar-refractivity contribution is 5.67. The van der Waals surface area contributed by atoms with Crippen molar-refractivity contribution in [2.75, 3.05) is 85.3 Å². The first-order chi connectivity index (χ1) is 15.6. The molecule has 2 atom stereocenters. The summed E-state index contributed by atoms with van der Waals surface area (Å²) < 4.78 is 10.6. The van der Waals surface area contributed by atoms with Gasteiger partial charge in [-0.2, -0.15) is 0 Å². The predicted octanol–water partition coefficient (Wildman–Crippen LogP) is -1.02. The van der Waals surface area contributed by atoms with Crippen LogP contribution in [0.1, 0.15) is 6.92 Å². The van der Waals surface area contributed by atoms with Crippen LogP contribution in [0.15, 0.2) is 0 Å². The monoisotopic (exact) mass is 479 g/mol. The zero-order valence-corrected chi connectivity index (χ0v) is 19.0. The molecule has 0 aliphatic carbocycles. The Morgan fingerprint density at radius 2 is 1.45 bits per heavy atom. The third-order valence-corrected chi connectivity index (χ3v) is 5.20. The van der Waals surface area contributed by atoms with Gasteiger partial charge in [-0.15, -0.1) is 0 Å². The molecule has 14 nitrogen and oxygen atoms in total. The molecule has 0 spiro atoms.